The zero-order valence-electron chi connectivity index (χ0n) is 12.6. The van der Waals surface area contributed by atoms with Crippen molar-refractivity contribution in [2.75, 3.05) is 7.11 Å². The van der Waals surface area contributed by atoms with E-state index in [-0.39, 0.29) is 11.6 Å². The zero-order valence-corrected chi connectivity index (χ0v) is 12.6. The van der Waals surface area contributed by atoms with Crippen LogP contribution in [0.4, 0.5) is 0 Å². The van der Waals surface area contributed by atoms with E-state index in [9.17, 15) is 9.59 Å². The van der Waals surface area contributed by atoms with Crippen LogP contribution in [-0.4, -0.2) is 18.7 Å². The maximum Gasteiger partial charge on any atom is 0.164 e. The van der Waals surface area contributed by atoms with Crippen molar-refractivity contribution in [3.63, 3.8) is 0 Å². The highest BCUT2D eigenvalue weighted by atomic mass is 16.5. The number of hydrogen-bond donors (Lipinski definition) is 0. The van der Waals surface area contributed by atoms with E-state index in [0.717, 1.165) is 33.6 Å². The van der Waals surface area contributed by atoms with Gasteiger partial charge in [-0.1, -0.05) is 23.8 Å². The predicted molar refractivity (Wildman–Crippen MR) is 82.8 cm³/mol. The van der Waals surface area contributed by atoms with Crippen LogP contribution in [0.2, 0.25) is 0 Å². The molecule has 0 aromatic heterocycles. The monoisotopic (exact) mass is 292 g/mol. The van der Waals surface area contributed by atoms with E-state index in [1.54, 1.807) is 7.11 Å². The van der Waals surface area contributed by atoms with Gasteiger partial charge in [-0.2, -0.15) is 0 Å². The van der Waals surface area contributed by atoms with Crippen molar-refractivity contribution in [3.05, 3.63) is 64.2 Å². The molecule has 0 heterocycles. The summed E-state index contributed by atoms with van der Waals surface area (Å²) in [6.45, 7) is 2.01. The Morgan fingerprint density at radius 1 is 0.909 bits per heavy atom. The molecule has 2 aliphatic carbocycles. The van der Waals surface area contributed by atoms with Crippen molar-refractivity contribution >= 4 is 11.6 Å². The van der Waals surface area contributed by atoms with E-state index in [2.05, 4.69) is 6.07 Å². The Bertz CT molecular complexity index is 831. The topological polar surface area (TPSA) is 43.4 Å². The molecule has 1 atom stereocenters. The minimum absolute atomic E-state index is 0.111. The molecule has 2 aliphatic rings. The van der Waals surface area contributed by atoms with Crippen LogP contribution in [0.1, 0.15) is 50.2 Å². The van der Waals surface area contributed by atoms with Crippen molar-refractivity contribution < 1.29 is 14.3 Å². The molecule has 2 aromatic carbocycles. The molecule has 110 valence electrons. The molecule has 0 saturated heterocycles. The SMILES string of the molecule is COc1ccc2c(c1)C1(CC(=O)c3ccc(C)cc31)CC2=O. The van der Waals surface area contributed by atoms with Crippen molar-refractivity contribution in [1.29, 1.82) is 0 Å². The third-order valence-electron chi connectivity index (χ3n) is 4.96. The van der Waals surface area contributed by atoms with Crippen LogP contribution in [0.3, 0.4) is 0 Å². The van der Waals surface area contributed by atoms with Gasteiger partial charge in [-0.15, -0.1) is 0 Å². The highest BCUT2D eigenvalue weighted by Crippen LogP contribution is 2.52. The predicted octanol–water partition coefficient (Wildman–Crippen LogP) is 3.46. The van der Waals surface area contributed by atoms with Gasteiger partial charge in [-0.25, -0.2) is 0 Å². The first-order valence-corrected chi connectivity index (χ1v) is 7.41. The lowest BCUT2D eigenvalue weighted by molar-refractivity contribution is 0.0957. The maximum absolute atomic E-state index is 12.5. The minimum Gasteiger partial charge on any atom is -0.497 e. The fourth-order valence-electron chi connectivity index (χ4n) is 3.91. The van der Waals surface area contributed by atoms with Crippen molar-refractivity contribution in [2.24, 2.45) is 0 Å². The smallest absolute Gasteiger partial charge is 0.164 e. The van der Waals surface area contributed by atoms with E-state index in [1.165, 1.54) is 0 Å². The molecule has 3 heteroatoms. The van der Waals surface area contributed by atoms with E-state index in [0.29, 0.717) is 12.8 Å². The molecule has 1 unspecified atom stereocenters. The molecule has 0 bridgehead atoms. The van der Waals surface area contributed by atoms with Gasteiger partial charge in [0.2, 0.25) is 0 Å². The van der Waals surface area contributed by atoms with E-state index >= 15 is 0 Å². The number of hydrogen-bond acceptors (Lipinski definition) is 3. The van der Waals surface area contributed by atoms with Crippen molar-refractivity contribution in [3.8, 4) is 5.75 Å². The van der Waals surface area contributed by atoms with Crippen LogP contribution in [0, 0.1) is 6.92 Å². The molecule has 0 amide bonds. The van der Waals surface area contributed by atoms with Gasteiger partial charge in [0, 0.05) is 29.4 Å². The summed E-state index contributed by atoms with van der Waals surface area (Å²) >= 11 is 0. The Hall–Kier alpha value is -2.42. The lowest BCUT2D eigenvalue weighted by Crippen LogP contribution is -2.22. The fourth-order valence-corrected chi connectivity index (χ4v) is 3.91. The van der Waals surface area contributed by atoms with Gasteiger partial charge in [0.15, 0.2) is 11.6 Å². The lowest BCUT2D eigenvalue weighted by Gasteiger charge is -2.25. The Kier molecular flexibility index (Phi) is 2.59. The van der Waals surface area contributed by atoms with Crippen LogP contribution in [0.25, 0.3) is 0 Å². The molecule has 2 aromatic rings. The molecular weight excluding hydrogens is 276 g/mol. The number of fused-ring (bicyclic) bond motifs is 4. The van der Waals surface area contributed by atoms with Crippen LogP contribution < -0.4 is 4.74 Å². The summed E-state index contributed by atoms with van der Waals surface area (Å²) < 4.78 is 5.32. The van der Waals surface area contributed by atoms with Gasteiger partial charge < -0.3 is 4.74 Å². The average Bonchev–Trinajstić information content (AvgIpc) is 2.94. The first-order valence-electron chi connectivity index (χ1n) is 7.41. The highest BCUT2D eigenvalue weighted by molar-refractivity contribution is 6.09. The van der Waals surface area contributed by atoms with Crippen molar-refractivity contribution in [1.82, 2.24) is 0 Å². The molecule has 0 aliphatic heterocycles. The molecular formula is C19H16O3. The van der Waals surface area contributed by atoms with Gasteiger partial charge in [-0.05, 0) is 36.2 Å². The summed E-state index contributed by atoms with van der Waals surface area (Å²) in [6.07, 6.45) is 0.745. The third-order valence-corrected chi connectivity index (χ3v) is 4.96. The maximum atomic E-state index is 12.5. The molecule has 0 N–H and O–H groups in total. The molecule has 0 radical (unpaired) electrons. The normalized spacial score (nSPS) is 22.1. The fraction of sp³-hybridized carbons (Fsp3) is 0.263. The molecule has 22 heavy (non-hydrogen) atoms. The molecule has 0 saturated carbocycles. The second-order valence-electron chi connectivity index (χ2n) is 6.24. The number of Topliss-reactive ketones (excluding diaryl/α,β-unsaturated/α-hetero) is 2. The van der Waals surface area contributed by atoms with E-state index < -0.39 is 5.41 Å². The average molecular weight is 292 g/mol. The first-order chi connectivity index (χ1) is 10.5. The summed E-state index contributed by atoms with van der Waals surface area (Å²) in [5, 5.41) is 0. The van der Waals surface area contributed by atoms with Gasteiger partial charge in [-0.3, -0.25) is 9.59 Å². The lowest BCUT2D eigenvalue weighted by atomic mass is 9.76. The van der Waals surface area contributed by atoms with E-state index in [1.807, 2.05) is 37.3 Å². The van der Waals surface area contributed by atoms with Gasteiger partial charge in [0.25, 0.3) is 0 Å². The molecule has 4 rings (SSSR count). The number of ether oxygens (including phenoxy) is 1. The number of methoxy groups -OCH3 is 1. The van der Waals surface area contributed by atoms with Crippen molar-refractivity contribution in [2.45, 2.75) is 25.2 Å². The van der Waals surface area contributed by atoms with Crippen LogP contribution >= 0.6 is 0 Å². The summed E-state index contributed by atoms with van der Waals surface area (Å²) in [7, 11) is 1.61. The van der Waals surface area contributed by atoms with Gasteiger partial charge >= 0.3 is 0 Å². The number of ketones is 2. The van der Waals surface area contributed by atoms with Crippen LogP contribution in [0.5, 0.6) is 5.75 Å². The molecule has 3 nitrogen and oxygen atoms in total. The van der Waals surface area contributed by atoms with Gasteiger partial charge in [0.1, 0.15) is 5.75 Å². The summed E-state index contributed by atoms with van der Waals surface area (Å²) in [6, 6.07) is 11.5. The second kappa shape index (κ2) is 4.29. The zero-order chi connectivity index (χ0) is 15.5. The van der Waals surface area contributed by atoms with E-state index in [4.69, 9.17) is 4.74 Å². The quantitative estimate of drug-likeness (QED) is 0.808. The minimum atomic E-state index is -0.501. The van der Waals surface area contributed by atoms with Crippen LogP contribution in [0.15, 0.2) is 36.4 Å². The number of rotatable bonds is 1. The third kappa shape index (κ3) is 1.56. The first kappa shape index (κ1) is 13.3. The molecule has 1 spiro atoms. The highest BCUT2D eigenvalue weighted by Gasteiger charge is 2.51. The Labute approximate surface area is 128 Å². The number of carbonyl (C=O) groups excluding carboxylic acids is 2. The summed E-state index contributed by atoms with van der Waals surface area (Å²) in [5.74, 6) is 0.958. The Balaban J connectivity index is 2.02. The molecule has 0 fully saturated rings. The summed E-state index contributed by atoms with van der Waals surface area (Å²) in [4.78, 5) is 24.9. The number of benzene rings is 2. The Morgan fingerprint density at radius 2 is 1.50 bits per heavy atom. The van der Waals surface area contributed by atoms with Crippen LogP contribution in [-0.2, 0) is 5.41 Å². The Morgan fingerprint density at radius 3 is 2.14 bits per heavy atom. The second-order valence-corrected chi connectivity index (χ2v) is 6.24. The number of carbonyl (C=O) groups is 2. The standard InChI is InChI=1S/C19H16O3/c1-11-3-5-13-15(7-11)19(9-17(13)20)10-18(21)14-6-4-12(22-2)8-16(14)19/h3-8H,9-10H2,1-2H3. The summed E-state index contributed by atoms with van der Waals surface area (Å²) in [5.41, 5.74) is 4.03. The largest absolute Gasteiger partial charge is 0.497 e. The number of aryl methyl sites for hydroxylation is 1. The van der Waals surface area contributed by atoms with Gasteiger partial charge in [0.05, 0.1) is 7.11 Å².